The number of rotatable bonds is 5. The van der Waals surface area contributed by atoms with Crippen molar-refractivity contribution in [2.24, 2.45) is 4.99 Å². The van der Waals surface area contributed by atoms with Crippen LogP contribution in [0, 0.1) is 0 Å². The van der Waals surface area contributed by atoms with Crippen molar-refractivity contribution in [2.45, 2.75) is 65.3 Å². The highest BCUT2D eigenvalue weighted by Crippen LogP contribution is 2.37. The highest BCUT2D eigenvalue weighted by molar-refractivity contribution is 5.98. The molecule has 0 radical (unpaired) electrons. The molecule has 0 amide bonds. The minimum absolute atomic E-state index is 0.0990. The molecule has 2 heteroatoms. The number of nitrogens with zero attached hydrogens (tertiary/aromatic N) is 2. The normalized spacial score (nSPS) is 16.6. The van der Waals surface area contributed by atoms with E-state index in [1.165, 1.54) is 42.8 Å². The molecule has 0 spiro atoms. The highest BCUT2D eigenvalue weighted by atomic mass is 15.1. The maximum absolute atomic E-state index is 4.78. The van der Waals surface area contributed by atoms with Gasteiger partial charge in [0, 0.05) is 0 Å². The summed E-state index contributed by atoms with van der Waals surface area (Å²) in [6, 6.07) is 4.38. The minimum Gasteiger partial charge on any atom is -0.231 e. The molecule has 1 aromatic rings. The Morgan fingerprint density at radius 1 is 1.22 bits per heavy atom. The average molecular weight is 245 g/mol. The lowest BCUT2D eigenvalue weighted by Gasteiger charge is -2.15. The summed E-state index contributed by atoms with van der Waals surface area (Å²) in [5.41, 5.74) is 2.70. The van der Waals surface area contributed by atoms with Crippen LogP contribution < -0.4 is 4.57 Å². The highest BCUT2D eigenvalue weighted by Gasteiger charge is 2.40. The standard InChI is InChI=1S/C16H25N2/c1-5-6-7-8-11-18-12-9-10-14-15(18)17-13(2)16(14,3)4/h9-10,12H,5-8,11H2,1-4H3/q+1. The number of aromatic nitrogens is 1. The van der Waals surface area contributed by atoms with Gasteiger partial charge in [0.15, 0.2) is 0 Å². The van der Waals surface area contributed by atoms with Gasteiger partial charge >= 0.3 is 5.82 Å². The maximum Gasteiger partial charge on any atom is 0.327 e. The number of aryl methyl sites for hydroxylation is 1. The predicted octanol–water partition coefficient (Wildman–Crippen LogP) is 3.94. The summed E-state index contributed by atoms with van der Waals surface area (Å²) in [6.07, 6.45) is 7.37. The van der Waals surface area contributed by atoms with E-state index in [9.17, 15) is 0 Å². The van der Waals surface area contributed by atoms with E-state index in [0.29, 0.717) is 0 Å². The van der Waals surface area contributed by atoms with E-state index in [1.54, 1.807) is 0 Å². The summed E-state index contributed by atoms with van der Waals surface area (Å²) in [6.45, 7) is 10.0. The van der Waals surface area contributed by atoms with Gasteiger partial charge in [0.25, 0.3) is 0 Å². The Balaban J connectivity index is 2.18. The van der Waals surface area contributed by atoms with Crippen LogP contribution in [0.4, 0.5) is 5.82 Å². The molecule has 0 saturated carbocycles. The predicted molar refractivity (Wildman–Crippen MR) is 76.6 cm³/mol. The van der Waals surface area contributed by atoms with Crippen LogP contribution >= 0.6 is 0 Å². The molecule has 0 unspecified atom stereocenters. The molecule has 0 aliphatic carbocycles. The topological polar surface area (TPSA) is 16.2 Å². The second-order valence-electron chi connectivity index (χ2n) is 5.82. The lowest BCUT2D eigenvalue weighted by molar-refractivity contribution is -0.684. The molecule has 0 N–H and O–H groups in total. The zero-order valence-electron chi connectivity index (χ0n) is 12.2. The van der Waals surface area contributed by atoms with E-state index in [4.69, 9.17) is 4.99 Å². The molecule has 0 atom stereocenters. The number of fused-ring (bicyclic) bond motifs is 1. The molecule has 1 aromatic heterocycles. The average Bonchev–Trinajstić information content (AvgIpc) is 2.58. The number of hydrogen-bond donors (Lipinski definition) is 0. The van der Waals surface area contributed by atoms with Crippen molar-refractivity contribution in [3.05, 3.63) is 23.9 Å². The molecule has 0 bridgehead atoms. The molecule has 98 valence electrons. The number of hydrogen-bond acceptors (Lipinski definition) is 1. The Morgan fingerprint density at radius 3 is 2.72 bits per heavy atom. The third-order valence-corrected chi connectivity index (χ3v) is 4.15. The molecule has 1 aliphatic rings. The van der Waals surface area contributed by atoms with Gasteiger partial charge in [-0.15, -0.1) is 0 Å². The van der Waals surface area contributed by atoms with Gasteiger partial charge in [-0.1, -0.05) is 19.8 Å². The van der Waals surface area contributed by atoms with Crippen LogP contribution in [0.3, 0.4) is 0 Å². The van der Waals surface area contributed by atoms with Crippen molar-refractivity contribution >= 4 is 11.5 Å². The molecule has 18 heavy (non-hydrogen) atoms. The molecule has 1 aliphatic heterocycles. The van der Waals surface area contributed by atoms with E-state index in [2.05, 4.69) is 50.6 Å². The molecular weight excluding hydrogens is 220 g/mol. The molecule has 2 nitrogen and oxygen atoms in total. The Bertz CT molecular complexity index is 458. The van der Waals surface area contributed by atoms with Gasteiger partial charge in [-0.3, -0.25) is 0 Å². The zero-order chi connectivity index (χ0) is 13.2. The SMILES string of the molecule is CCCCCC[n+]1cccc2c1N=C(C)C2(C)C. The van der Waals surface area contributed by atoms with Crippen LogP contribution in [0.5, 0.6) is 0 Å². The third kappa shape index (κ3) is 2.33. The van der Waals surface area contributed by atoms with Gasteiger partial charge in [-0.2, -0.15) is 0 Å². The second-order valence-corrected chi connectivity index (χ2v) is 5.82. The van der Waals surface area contributed by atoms with Crippen molar-refractivity contribution in [3.8, 4) is 0 Å². The van der Waals surface area contributed by atoms with Crippen LogP contribution in [0.1, 0.15) is 58.9 Å². The third-order valence-electron chi connectivity index (χ3n) is 4.15. The van der Waals surface area contributed by atoms with Crippen molar-refractivity contribution in [3.63, 3.8) is 0 Å². The fourth-order valence-electron chi connectivity index (χ4n) is 2.54. The van der Waals surface area contributed by atoms with Crippen LogP contribution in [0.25, 0.3) is 0 Å². The van der Waals surface area contributed by atoms with Crippen molar-refractivity contribution in [1.82, 2.24) is 0 Å². The Kier molecular flexibility index (Phi) is 3.84. The summed E-state index contributed by atoms with van der Waals surface area (Å²) in [5.74, 6) is 1.18. The molecule has 2 heterocycles. The second kappa shape index (κ2) is 5.21. The van der Waals surface area contributed by atoms with E-state index in [0.717, 1.165) is 6.54 Å². The molecule has 0 aromatic carbocycles. The Labute approximate surface area is 111 Å². The lowest BCUT2D eigenvalue weighted by Crippen LogP contribution is -2.34. The first-order valence-electron chi connectivity index (χ1n) is 7.16. The van der Waals surface area contributed by atoms with Crippen LogP contribution in [0.15, 0.2) is 23.3 Å². The molecule has 2 rings (SSSR count). The number of pyridine rings is 1. The summed E-state index contributed by atoms with van der Waals surface area (Å²) < 4.78 is 2.32. The van der Waals surface area contributed by atoms with Gasteiger partial charge in [0.05, 0.1) is 23.7 Å². The zero-order valence-corrected chi connectivity index (χ0v) is 12.2. The quantitative estimate of drug-likeness (QED) is 0.552. The first-order chi connectivity index (χ1) is 8.57. The summed E-state index contributed by atoms with van der Waals surface area (Å²) in [4.78, 5) is 4.78. The van der Waals surface area contributed by atoms with Gasteiger partial charge in [0.2, 0.25) is 0 Å². The van der Waals surface area contributed by atoms with E-state index in [-0.39, 0.29) is 5.41 Å². The van der Waals surface area contributed by atoms with E-state index < -0.39 is 0 Å². The van der Waals surface area contributed by atoms with Crippen molar-refractivity contribution in [1.29, 1.82) is 0 Å². The minimum atomic E-state index is 0.0990. The molecule has 0 saturated heterocycles. The monoisotopic (exact) mass is 245 g/mol. The fraction of sp³-hybridized carbons (Fsp3) is 0.625. The molecule has 0 fully saturated rings. The van der Waals surface area contributed by atoms with Gasteiger partial charge in [-0.25, -0.2) is 4.57 Å². The van der Waals surface area contributed by atoms with Crippen LogP contribution in [-0.4, -0.2) is 5.71 Å². The number of unbranched alkanes of at least 4 members (excludes halogenated alkanes) is 3. The van der Waals surface area contributed by atoms with E-state index in [1.807, 2.05) is 0 Å². The van der Waals surface area contributed by atoms with E-state index >= 15 is 0 Å². The largest absolute Gasteiger partial charge is 0.327 e. The summed E-state index contributed by atoms with van der Waals surface area (Å²) in [7, 11) is 0. The first kappa shape index (κ1) is 13.3. The number of aliphatic imine (C=N–C) groups is 1. The summed E-state index contributed by atoms with van der Waals surface area (Å²) in [5, 5.41) is 0. The Morgan fingerprint density at radius 2 is 2.00 bits per heavy atom. The molecular formula is C16H25N2+. The van der Waals surface area contributed by atoms with Gasteiger partial charge in [0.1, 0.15) is 5.71 Å². The van der Waals surface area contributed by atoms with Crippen LogP contribution in [0.2, 0.25) is 0 Å². The van der Waals surface area contributed by atoms with Gasteiger partial charge < -0.3 is 0 Å². The smallest absolute Gasteiger partial charge is 0.231 e. The summed E-state index contributed by atoms with van der Waals surface area (Å²) >= 11 is 0. The first-order valence-corrected chi connectivity index (χ1v) is 7.16. The van der Waals surface area contributed by atoms with Crippen LogP contribution in [-0.2, 0) is 12.0 Å². The van der Waals surface area contributed by atoms with Crippen molar-refractivity contribution < 1.29 is 4.57 Å². The van der Waals surface area contributed by atoms with Gasteiger partial charge in [-0.05, 0) is 50.7 Å². The fourth-order valence-corrected chi connectivity index (χ4v) is 2.54. The maximum atomic E-state index is 4.78. The Hall–Kier alpha value is -1.18. The van der Waals surface area contributed by atoms with Crippen molar-refractivity contribution in [2.75, 3.05) is 0 Å². The lowest BCUT2D eigenvalue weighted by atomic mass is 9.83.